The fourth-order valence-electron chi connectivity index (χ4n) is 1.97. The Morgan fingerprint density at radius 3 is 2.29 bits per heavy atom. The molecule has 0 amide bonds. The third-order valence-electron chi connectivity index (χ3n) is 2.77. The summed E-state index contributed by atoms with van der Waals surface area (Å²) in [5.41, 5.74) is 1.71. The molecular formula is C14H26N2O. The van der Waals surface area contributed by atoms with Gasteiger partial charge in [-0.25, -0.2) is 0 Å². The van der Waals surface area contributed by atoms with Gasteiger partial charge >= 0.3 is 0 Å². The quantitative estimate of drug-likeness (QED) is 0.872. The molecule has 1 heterocycles. The number of hydrogen-bond donors (Lipinski definition) is 1. The molecule has 1 aromatic heterocycles. The topological polar surface area (TPSA) is 38.1 Å². The van der Waals surface area contributed by atoms with Crippen molar-refractivity contribution in [3.05, 3.63) is 11.4 Å². The van der Waals surface area contributed by atoms with E-state index in [1.807, 2.05) is 4.68 Å². The molecule has 0 spiro atoms. The maximum Gasteiger partial charge on any atom is 0.160 e. The normalized spacial score (nSPS) is 12.4. The van der Waals surface area contributed by atoms with E-state index in [0.29, 0.717) is 11.7 Å². The van der Waals surface area contributed by atoms with Crippen molar-refractivity contribution in [2.45, 2.75) is 66.3 Å². The zero-order chi connectivity index (χ0) is 13.2. The highest BCUT2D eigenvalue weighted by Gasteiger charge is 2.26. The van der Waals surface area contributed by atoms with Gasteiger partial charge in [-0.3, -0.25) is 4.68 Å². The lowest BCUT2D eigenvalue weighted by Crippen LogP contribution is -2.14. The van der Waals surface area contributed by atoms with Crippen molar-refractivity contribution < 1.29 is 5.11 Å². The Morgan fingerprint density at radius 1 is 1.29 bits per heavy atom. The second kappa shape index (κ2) is 5.11. The molecule has 17 heavy (non-hydrogen) atoms. The first kappa shape index (κ1) is 14.1. The van der Waals surface area contributed by atoms with Gasteiger partial charge in [-0.1, -0.05) is 48.0 Å². The van der Waals surface area contributed by atoms with Crippen LogP contribution in [-0.4, -0.2) is 14.9 Å². The van der Waals surface area contributed by atoms with Gasteiger partial charge in [-0.05, 0) is 12.3 Å². The van der Waals surface area contributed by atoms with Gasteiger partial charge < -0.3 is 5.11 Å². The molecule has 3 heteroatoms. The minimum atomic E-state index is -0.102. The number of aromatic nitrogens is 2. The van der Waals surface area contributed by atoms with Crippen molar-refractivity contribution >= 4 is 0 Å². The van der Waals surface area contributed by atoms with Crippen LogP contribution >= 0.6 is 0 Å². The smallest absolute Gasteiger partial charge is 0.160 e. The standard InChI is InChI=1S/C14H26N2O/c1-7-8-11-12(17)13(14(4,5)6)15-16(11)9-10(2)3/h10,17H,7-9H2,1-6H3. The Bertz CT molecular complexity index is 372. The lowest BCUT2D eigenvalue weighted by Gasteiger charge is -2.15. The summed E-state index contributed by atoms with van der Waals surface area (Å²) in [6.45, 7) is 13.6. The van der Waals surface area contributed by atoms with Gasteiger partial charge in [0.2, 0.25) is 0 Å². The molecule has 0 fully saturated rings. The first-order valence-corrected chi connectivity index (χ1v) is 6.56. The highest BCUT2D eigenvalue weighted by atomic mass is 16.3. The van der Waals surface area contributed by atoms with E-state index in [1.54, 1.807) is 0 Å². The highest BCUT2D eigenvalue weighted by molar-refractivity contribution is 5.36. The van der Waals surface area contributed by atoms with Crippen molar-refractivity contribution in [3.63, 3.8) is 0 Å². The minimum Gasteiger partial charge on any atom is -0.504 e. The lowest BCUT2D eigenvalue weighted by molar-refractivity contribution is 0.437. The summed E-state index contributed by atoms with van der Waals surface area (Å²) in [7, 11) is 0. The molecule has 1 N–H and O–H groups in total. The molecule has 0 radical (unpaired) electrons. The largest absolute Gasteiger partial charge is 0.504 e. The first-order valence-electron chi connectivity index (χ1n) is 6.56. The lowest BCUT2D eigenvalue weighted by atomic mass is 9.91. The fourth-order valence-corrected chi connectivity index (χ4v) is 1.97. The minimum absolute atomic E-state index is 0.102. The summed E-state index contributed by atoms with van der Waals surface area (Å²) >= 11 is 0. The summed E-state index contributed by atoms with van der Waals surface area (Å²) in [6.07, 6.45) is 1.92. The van der Waals surface area contributed by atoms with E-state index in [4.69, 9.17) is 0 Å². The molecule has 0 saturated heterocycles. The molecule has 0 aliphatic heterocycles. The molecular weight excluding hydrogens is 212 g/mol. The van der Waals surface area contributed by atoms with Gasteiger partial charge in [0.25, 0.3) is 0 Å². The van der Waals surface area contributed by atoms with Crippen molar-refractivity contribution in [2.24, 2.45) is 5.92 Å². The average molecular weight is 238 g/mol. The summed E-state index contributed by atoms with van der Waals surface area (Å²) < 4.78 is 1.99. The molecule has 0 aliphatic carbocycles. The Balaban J connectivity index is 3.19. The second-order valence-corrected chi connectivity index (χ2v) is 6.22. The van der Waals surface area contributed by atoms with E-state index in [1.165, 1.54) is 0 Å². The van der Waals surface area contributed by atoms with E-state index < -0.39 is 0 Å². The van der Waals surface area contributed by atoms with E-state index in [2.05, 4.69) is 46.6 Å². The van der Waals surface area contributed by atoms with Gasteiger partial charge in [0, 0.05) is 12.0 Å². The van der Waals surface area contributed by atoms with Crippen LogP contribution in [0.3, 0.4) is 0 Å². The van der Waals surface area contributed by atoms with Crippen LogP contribution in [0.15, 0.2) is 0 Å². The van der Waals surface area contributed by atoms with Crippen molar-refractivity contribution in [3.8, 4) is 5.75 Å². The van der Waals surface area contributed by atoms with Crippen LogP contribution in [0.5, 0.6) is 5.75 Å². The van der Waals surface area contributed by atoms with Crippen molar-refractivity contribution in [1.29, 1.82) is 0 Å². The molecule has 0 atom stereocenters. The Hall–Kier alpha value is -0.990. The predicted octanol–water partition coefficient (Wildman–Crippen LogP) is 3.49. The molecule has 0 aromatic carbocycles. The van der Waals surface area contributed by atoms with Crippen molar-refractivity contribution in [2.75, 3.05) is 0 Å². The summed E-state index contributed by atoms with van der Waals surface area (Å²) in [4.78, 5) is 0. The van der Waals surface area contributed by atoms with Crippen LogP contribution < -0.4 is 0 Å². The van der Waals surface area contributed by atoms with Crippen LogP contribution in [0.1, 0.15) is 59.4 Å². The van der Waals surface area contributed by atoms with Crippen molar-refractivity contribution in [1.82, 2.24) is 9.78 Å². The summed E-state index contributed by atoms with van der Waals surface area (Å²) in [6, 6.07) is 0. The number of nitrogens with zero attached hydrogens (tertiary/aromatic N) is 2. The molecule has 98 valence electrons. The van der Waals surface area contributed by atoms with E-state index in [9.17, 15) is 5.11 Å². The van der Waals surface area contributed by atoms with Crippen LogP contribution in [-0.2, 0) is 18.4 Å². The summed E-state index contributed by atoms with van der Waals surface area (Å²) in [5, 5.41) is 14.9. The Kier molecular flexibility index (Phi) is 4.23. The zero-order valence-electron chi connectivity index (χ0n) is 12.0. The third kappa shape index (κ3) is 3.24. The first-order chi connectivity index (χ1) is 7.77. The maximum atomic E-state index is 10.3. The maximum absolute atomic E-state index is 10.3. The fraction of sp³-hybridized carbons (Fsp3) is 0.786. The Morgan fingerprint density at radius 2 is 1.88 bits per heavy atom. The highest BCUT2D eigenvalue weighted by Crippen LogP contribution is 2.33. The van der Waals surface area contributed by atoms with Gasteiger partial charge in [0.1, 0.15) is 5.69 Å². The molecule has 1 aromatic rings. The SMILES string of the molecule is CCCc1c(O)c(C(C)(C)C)nn1CC(C)C. The van der Waals surface area contributed by atoms with Crippen LogP contribution in [0.2, 0.25) is 0 Å². The molecule has 1 rings (SSSR count). The molecule has 0 bridgehead atoms. The predicted molar refractivity (Wildman–Crippen MR) is 71.4 cm³/mol. The van der Waals surface area contributed by atoms with Gasteiger partial charge in [-0.2, -0.15) is 5.10 Å². The molecule has 0 unspecified atom stereocenters. The zero-order valence-corrected chi connectivity index (χ0v) is 12.0. The Labute approximate surface area is 105 Å². The average Bonchev–Trinajstić information content (AvgIpc) is 2.45. The van der Waals surface area contributed by atoms with E-state index >= 15 is 0 Å². The van der Waals surface area contributed by atoms with Crippen LogP contribution in [0, 0.1) is 5.92 Å². The van der Waals surface area contributed by atoms with Gasteiger partial charge in [-0.15, -0.1) is 0 Å². The number of aromatic hydroxyl groups is 1. The van der Waals surface area contributed by atoms with Gasteiger partial charge in [0.15, 0.2) is 5.75 Å². The van der Waals surface area contributed by atoms with Crippen LogP contribution in [0.25, 0.3) is 0 Å². The monoisotopic (exact) mass is 238 g/mol. The molecule has 3 nitrogen and oxygen atoms in total. The van der Waals surface area contributed by atoms with Crippen LogP contribution in [0.4, 0.5) is 0 Å². The van der Waals surface area contributed by atoms with E-state index in [-0.39, 0.29) is 5.41 Å². The summed E-state index contributed by atoms with van der Waals surface area (Å²) in [5.74, 6) is 0.942. The third-order valence-corrected chi connectivity index (χ3v) is 2.77. The second-order valence-electron chi connectivity index (χ2n) is 6.22. The molecule has 0 aliphatic rings. The molecule has 0 saturated carbocycles. The number of rotatable bonds is 4. The van der Waals surface area contributed by atoms with E-state index in [0.717, 1.165) is 30.8 Å². The van der Waals surface area contributed by atoms with Gasteiger partial charge in [0.05, 0.1) is 5.69 Å². The number of hydrogen-bond acceptors (Lipinski definition) is 2.